The largest absolute Gasteiger partial charge is 0.350 e. The van der Waals surface area contributed by atoms with E-state index in [0.29, 0.717) is 23.9 Å². The van der Waals surface area contributed by atoms with E-state index in [1.54, 1.807) is 11.9 Å². The van der Waals surface area contributed by atoms with Crippen molar-refractivity contribution in [2.75, 3.05) is 19.0 Å². The molecule has 1 fully saturated rings. The molecular weight excluding hydrogens is 510 g/mol. The summed E-state index contributed by atoms with van der Waals surface area (Å²) in [6.07, 6.45) is 7.53. The molecule has 2 aliphatic rings. The molecule has 1 aliphatic heterocycles. The first-order chi connectivity index (χ1) is 17.9. The van der Waals surface area contributed by atoms with E-state index in [2.05, 4.69) is 43.6 Å². The van der Waals surface area contributed by atoms with E-state index < -0.39 is 11.9 Å². The number of carbonyl (C=O) groups is 2. The maximum atomic E-state index is 12.6. The first-order valence-corrected chi connectivity index (χ1v) is 12.7. The van der Waals surface area contributed by atoms with E-state index in [1.807, 2.05) is 30.6 Å². The number of halogens is 1. The Morgan fingerprint density at radius 3 is 2.65 bits per heavy atom. The third-order valence-electron chi connectivity index (χ3n) is 6.69. The maximum absolute atomic E-state index is 12.6. The summed E-state index contributed by atoms with van der Waals surface area (Å²) in [5.41, 5.74) is 10.8. The number of carbonyl (C=O) groups excluding carboxylic acids is 2. The number of hydrogen-bond acceptors (Lipinski definition) is 6. The average Bonchev–Trinajstić information content (AvgIpc) is 3.13. The predicted octanol–water partition coefficient (Wildman–Crippen LogP) is 2.77. The van der Waals surface area contributed by atoms with Gasteiger partial charge in [-0.3, -0.25) is 25.4 Å². The molecule has 2 aromatic heterocycles. The number of nitrogens with zero attached hydrogens (tertiary/aromatic N) is 3. The van der Waals surface area contributed by atoms with Crippen LogP contribution in [0.15, 0.2) is 55.0 Å². The van der Waals surface area contributed by atoms with Crippen LogP contribution in [0.4, 0.5) is 5.82 Å². The van der Waals surface area contributed by atoms with Crippen LogP contribution in [0.3, 0.4) is 0 Å². The minimum atomic E-state index is -0.534. The van der Waals surface area contributed by atoms with E-state index in [1.165, 1.54) is 23.4 Å². The third-order valence-corrected chi connectivity index (χ3v) is 7.20. The fourth-order valence-electron chi connectivity index (χ4n) is 4.69. The van der Waals surface area contributed by atoms with E-state index in [4.69, 9.17) is 23.8 Å². The molecule has 0 radical (unpaired) electrons. The smallest absolute Gasteiger partial charge is 0.253 e. The summed E-state index contributed by atoms with van der Waals surface area (Å²) in [6, 6.07) is 11.1. The number of aryl methyl sites for hydroxylation is 2. The molecule has 3 heterocycles. The summed E-state index contributed by atoms with van der Waals surface area (Å²) in [4.78, 5) is 34.8. The molecule has 4 N–H and O–H groups in total. The maximum Gasteiger partial charge on any atom is 0.253 e. The Morgan fingerprint density at radius 2 is 1.89 bits per heavy atom. The van der Waals surface area contributed by atoms with Crippen LogP contribution in [0, 0.1) is 0 Å². The van der Waals surface area contributed by atoms with Crippen molar-refractivity contribution in [2.24, 2.45) is 0 Å². The molecule has 0 spiro atoms. The van der Waals surface area contributed by atoms with Gasteiger partial charge in [0.15, 0.2) is 10.9 Å². The van der Waals surface area contributed by atoms with Gasteiger partial charge >= 0.3 is 0 Å². The summed E-state index contributed by atoms with van der Waals surface area (Å²) >= 11 is 12.0. The molecule has 2 unspecified atom stereocenters. The number of hydrazine groups is 1. The van der Waals surface area contributed by atoms with Gasteiger partial charge in [0, 0.05) is 37.7 Å². The fraction of sp³-hybridized carbons (Fsp3) is 0.269. The molecule has 11 heteroatoms. The van der Waals surface area contributed by atoms with Gasteiger partial charge in [-0.1, -0.05) is 35.9 Å². The number of rotatable bonds is 5. The van der Waals surface area contributed by atoms with Gasteiger partial charge in [-0.25, -0.2) is 4.98 Å². The Bertz CT molecular complexity index is 1320. The van der Waals surface area contributed by atoms with Crippen LogP contribution in [0.1, 0.15) is 45.1 Å². The summed E-state index contributed by atoms with van der Waals surface area (Å²) in [5.74, 6) is -0.202. The standard InChI is InChI=1S/C26H26ClN7O2S/c1-34-11-9-21(25(34)36)30-24(35)17-12-20(27)23(29-13-17)32-33-26(37)31-22-18-5-3-2-4-15(18)6-7-16-8-10-28-14-19(16)22/h2-5,8,10,12-14,21-22H,6-7,9,11H2,1H3,(H,29,32)(H,30,35)(H2,31,33,37). The first-order valence-electron chi connectivity index (χ1n) is 11.9. The minimum absolute atomic E-state index is 0.106. The molecule has 190 valence electrons. The number of likely N-dealkylation sites (tertiary alicyclic amines) is 1. The van der Waals surface area contributed by atoms with Crippen molar-refractivity contribution in [1.82, 2.24) is 30.9 Å². The minimum Gasteiger partial charge on any atom is -0.350 e. The summed E-state index contributed by atoms with van der Waals surface area (Å²) in [7, 11) is 1.71. The van der Waals surface area contributed by atoms with Crippen LogP contribution >= 0.6 is 23.8 Å². The van der Waals surface area contributed by atoms with Crippen LogP contribution < -0.4 is 21.5 Å². The van der Waals surface area contributed by atoms with Gasteiger partial charge in [0.05, 0.1) is 16.6 Å². The first kappa shape index (κ1) is 24.9. The lowest BCUT2D eigenvalue weighted by molar-refractivity contribution is -0.128. The lowest BCUT2D eigenvalue weighted by Crippen LogP contribution is -2.41. The number of amides is 2. The summed E-state index contributed by atoms with van der Waals surface area (Å²) in [5, 5.41) is 6.70. The molecule has 1 saturated heterocycles. The van der Waals surface area contributed by atoms with Crippen molar-refractivity contribution < 1.29 is 9.59 Å². The summed E-state index contributed by atoms with van der Waals surface area (Å²) < 4.78 is 0. The number of thiocarbonyl (C=S) groups is 1. The predicted molar refractivity (Wildman–Crippen MR) is 145 cm³/mol. The lowest BCUT2D eigenvalue weighted by Gasteiger charge is -2.23. The molecule has 9 nitrogen and oxygen atoms in total. The van der Waals surface area contributed by atoms with Gasteiger partial charge in [0.1, 0.15) is 6.04 Å². The van der Waals surface area contributed by atoms with Crippen molar-refractivity contribution in [3.63, 3.8) is 0 Å². The van der Waals surface area contributed by atoms with Gasteiger partial charge in [0.2, 0.25) is 5.91 Å². The van der Waals surface area contributed by atoms with Crippen molar-refractivity contribution in [2.45, 2.75) is 31.3 Å². The van der Waals surface area contributed by atoms with Crippen molar-refractivity contribution >= 4 is 46.6 Å². The van der Waals surface area contributed by atoms with E-state index in [0.717, 1.165) is 24.0 Å². The Labute approximate surface area is 225 Å². The van der Waals surface area contributed by atoms with E-state index in [9.17, 15) is 9.59 Å². The zero-order valence-corrected chi connectivity index (χ0v) is 21.7. The highest BCUT2D eigenvalue weighted by molar-refractivity contribution is 7.80. The molecule has 2 atom stereocenters. The Morgan fingerprint density at radius 1 is 1.11 bits per heavy atom. The number of nitrogens with one attached hydrogen (secondary N) is 4. The number of aromatic nitrogens is 2. The molecular formula is C26H26ClN7O2S. The van der Waals surface area contributed by atoms with Crippen molar-refractivity contribution in [3.05, 3.63) is 87.8 Å². The van der Waals surface area contributed by atoms with E-state index in [-0.39, 0.29) is 22.5 Å². The monoisotopic (exact) mass is 535 g/mol. The molecule has 0 saturated carbocycles. The zero-order chi connectivity index (χ0) is 25.9. The van der Waals surface area contributed by atoms with Crippen LogP contribution in [-0.4, -0.2) is 51.4 Å². The zero-order valence-electron chi connectivity index (χ0n) is 20.1. The molecule has 1 aliphatic carbocycles. The Kier molecular flexibility index (Phi) is 7.20. The molecule has 37 heavy (non-hydrogen) atoms. The second kappa shape index (κ2) is 10.7. The fourth-order valence-corrected chi connectivity index (χ4v) is 5.08. The number of fused-ring (bicyclic) bond motifs is 2. The molecule has 0 bridgehead atoms. The SMILES string of the molecule is CN1CCC(NC(=O)c2cnc(NNC(=S)NC3c4ccccc4CCc4ccncc43)c(Cl)c2)C1=O. The van der Waals surface area contributed by atoms with Gasteiger partial charge in [0.25, 0.3) is 5.91 Å². The van der Waals surface area contributed by atoms with Gasteiger partial charge < -0.3 is 15.5 Å². The van der Waals surface area contributed by atoms with Crippen molar-refractivity contribution in [1.29, 1.82) is 0 Å². The number of likely N-dealkylation sites (N-methyl/N-ethyl adjacent to an activating group) is 1. The highest BCUT2D eigenvalue weighted by Crippen LogP contribution is 2.32. The molecule has 3 aromatic rings. The molecule has 2 amide bonds. The Balaban J connectivity index is 1.24. The van der Waals surface area contributed by atoms with Crippen molar-refractivity contribution in [3.8, 4) is 0 Å². The molecule has 1 aromatic carbocycles. The van der Waals surface area contributed by atoms with Crippen LogP contribution in [0.5, 0.6) is 0 Å². The Hall–Kier alpha value is -3.76. The number of anilines is 1. The topological polar surface area (TPSA) is 111 Å². The highest BCUT2D eigenvalue weighted by Gasteiger charge is 2.30. The van der Waals surface area contributed by atoms with E-state index >= 15 is 0 Å². The van der Waals surface area contributed by atoms with Crippen LogP contribution in [0.2, 0.25) is 5.02 Å². The normalized spacial score (nSPS) is 18.3. The summed E-state index contributed by atoms with van der Waals surface area (Å²) in [6.45, 7) is 0.611. The van der Waals surface area contributed by atoms with Gasteiger partial charge in [-0.2, -0.15) is 0 Å². The third kappa shape index (κ3) is 5.35. The average molecular weight is 536 g/mol. The molecule has 5 rings (SSSR count). The second-order valence-corrected chi connectivity index (χ2v) is 9.87. The van der Waals surface area contributed by atoms with Gasteiger partial charge in [-0.15, -0.1) is 0 Å². The van der Waals surface area contributed by atoms with Crippen LogP contribution in [-0.2, 0) is 17.6 Å². The number of benzene rings is 1. The second-order valence-electron chi connectivity index (χ2n) is 9.06. The van der Waals surface area contributed by atoms with Gasteiger partial charge in [-0.05, 0) is 60.3 Å². The van der Waals surface area contributed by atoms with Crippen LogP contribution in [0.25, 0.3) is 0 Å². The quantitative estimate of drug-likeness (QED) is 0.291. The number of hydrogen-bond donors (Lipinski definition) is 4. The number of pyridine rings is 2. The lowest BCUT2D eigenvalue weighted by atomic mass is 9.96. The highest BCUT2D eigenvalue weighted by atomic mass is 35.5.